The van der Waals surface area contributed by atoms with E-state index in [1.165, 1.54) is 12.8 Å². The summed E-state index contributed by atoms with van der Waals surface area (Å²) in [7, 11) is 3.50. The molecule has 1 unspecified atom stereocenters. The zero-order chi connectivity index (χ0) is 22.5. The number of fused-ring (bicyclic) bond motifs is 1. The Morgan fingerprint density at radius 1 is 1.25 bits per heavy atom. The van der Waals surface area contributed by atoms with E-state index in [9.17, 15) is 0 Å². The maximum Gasteiger partial charge on any atom is 0.191 e. The molecule has 1 atom stereocenters. The van der Waals surface area contributed by atoms with Crippen LogP contribution < -0.4 is 20.1 Å². The summed E-state index contributed by atoms with van der Waals surface area (Å²) in [5.74, 6) is 4.76. The molecule has 0 bridgehead atoms. The van der Waals surface area contributed by atoms with Gasteiger partial charge < -0.3 is 20.1 Å². The highest BCUT2D eigenvalue weighted by molar-refractivity contribution is 5.80. The lowest BCUT2D eigenvalue weighted by Crippen LogP contribution is -2.46. The van der Waals surface area contributed by atoms with Crippen LogP contribution in [0, 0.1) is 0 Å². The Bertz CT molecular complexity index is 933. The minimum Gasteiger partial charge on any atom is -0.493 e. The first-order valence-corrected chi connectivity index (χ1v) is 11.8. The lowest BCUT2D eigenvalue weighted by molar-refractivity contribution is 0.198. The fourth-order valence-corrected chi connectivity index (χ4v) is 4.43. The number of nitrogens with zero attached hydrogens (tertiary/aromatic N) is 4. The Hall–Kier alpha value is -2.77. The van der Waals surface area contributed by atoms with Gasteiger partial charge in [-0.1, -0.05) is 26.0 Å². The van der Waals surface area contributed by atoms with E-state index in [4.69, 9.17) is 9.47 Å². The molecule has 0 saturated heterocycles. The average Bonchev–Trinajstić information content (AvgIpc) is 3.46. The smallest absolute Gasteiger partial charge is 0.191 e. The third kappa shape index (κ3) is 5.16. The topological polar surface area (TPSA) is 85.6 Å². The summed E-state index contributed by atoms with van der Waals surface area (Å²) in [6.45, 7) is 5.67. The van der Waals surface area contributed by atoms with Gasteiger partial charge in [0.15, 0.2) is 23.3 Å². The van der Waals surface area contributed by atoms with Gasteiger partial charge in [0, 0.05) is 37.5 Å². The van der Waals surface area contributed by atoms with Gasteiger partial charge in [0.2, 0.25) is 0 Å². The van der Waals surface area contributed by atoms with E-state index in [1.807, 2.05) is 16.8 Å². The first-order valence-electron chi connectivity index (χ1n) is 11.8. The van der Waals surface area contributed by atoms with Crippen LogP contribution in [-0.2, 0) is 19.5 Å². The van der Waals surface area contributed by atoms with E-state index in [1.54, 1.807) is 14.2 Å². The second-order valence-corrected chi connectivity index (χ2v) is 9.00. The van der Waals surface area contributed by atoms with Crippen LogP contribution in [0.5, 0.6) is 11.5 Å². The minimum atomic E-state index is 0.259. The summed E-state index contributed by atoms with van der Waals surface area (Å²) in [6, 6.07) is 6.31. The van der Waals surface area contributed by atoms with Crippen LogP contribution in [-0.4, -0.2) is 47.0 Å². The average molecular weight is 441 g/mol. The molecule has 1 aromatic carbocycles. The van der Waals surface area contributed by atoms with Crippen LogP contribution in [0.25, 0.3) is 0 Å². The number of hydrogen-bond acceptors (Lipinski definition) is 5. The third-order valence-electron chi connectivity index (χ3n) is 6.27. The Balaban J connectivity index is 1.38. The number of benzene rings is 1. The molecular weight excluding hydrogens is 404 g/mol. The Kier molecular flexibility index (Phi) is 7.17. The van der Waals surface area contributed by atoms with Gasteiger partial charge in [-0.15, -0.1) is 0 Å². The maximum atomic E-state index is 6.36. The molecule has 32 heavy (non-hydrogen) atoms. The van der Waals surface area contributed by atoms with Gasteiger partial charge in [0.25, 0.3) is 0 Å². The third-order valence-corrected chi connectivity index (χ3v) is 6.27. The zero-order valence-electron chi connectivity index (χ0n) is 19.7. The molecule has 1 fully saturated rings. The van der Waals surface area contributed by atoms with Gasteiger partial charge in [-0.2, -0.15) is 5.10 Å². The standard InChI is InChI=1S/C24H36N6O2/c1-16(2)23-28-21-13-12-18(15-30(21)29-23)27-24(25-3)26-14-17-8-7-11-20(31-4)22(17)32-19-9-5-6-10-19/h7-8,11,16,18-19H,5-6,9-10,12-15H2,1-4H3,(H2,25,26,27). The predicted molar refractivity (Wildman–Crippen MR) is 125 cm³/mol. The monoisotopic (exact) mass is 440 g/mol. The van der Waals surface area contributed by atoms with E-state index in [0.29, 0.717) is 12.5 Å². The van der Waals surface area contributed by atoms with Gasteiger partial charge in [-0.05, 0) is 38.2 Å². The number of aryl methyl sites for hydroxylation is 1. The van der Waals surface area contributed by atoms with E-state index < -0.39 is 0 Å². The van der Waals surface area contributed by atoms with Crippen molar-refractivity contribution in [1.29, 1.82) is 0 Å². The van der Waals surface area contributed by atoms with Crippen LogP contribution in [0.4, 0.5) is 0 Å². The number of para-hydroxylation sites is 1. The molecule has 8 heteroatoms. The van der Waals surface area contributed by atoms with Crippen LogP contribution in [0.3, 0.4) is 0 Å². The fourth-order valence-electron chi connectivity index (χ4n) is 4.43. The molecule has 2 aliphatic rings. The number of guanidine groups is 1. The van der Waals surface area contributed by atoms with E-state index in [2.05, 4.69) is 45.6 Å². The summed E-state index contributed by atoms with van der Waals surface area (Å²) < 4.78 is 14.0. The van der Waals surface area contributed by atoms with E-state index in [-0.39, 0.29) is 12.1 Å². The highest BCUT2D eigenvalue weighted by Gasteiger charge is 2.24. The Morgan fingerprint density at radius 3 is 2.78 bits per heavy atom. The molecule has 1 saturated carbocycles. The second kappa shape index (κ2) is 10.2. The number of aliphatic imine (C=N–C) groups is 1. The molecule has 1 aromatic heterocycles. The molecule has 2 N–H and O–H groups in total. The van der Waals surface area contributed by atoms with Crippen molar-refractivity contribution < 1.29 is 9.47 Å². The fraction of sp³-hybridized carbons (Fsp3) is 0.625. The quantitative estimate of drug-likeness (QED) is 0.507. The second-order valence-electron chi connectivity index (χ2n) is 9.00. The minimum absolute atomic E-state index is 0.259. The molecule has 0 radical (unpaired) electrons. The number of ether oxygens (including phenoxy) is 2. The highest BCUT2D eigenvalue weighted by Crippen LogP contribution is 2.34. The van der Waals surface area contributed by atoms with Crippen molar-refractivity contribution in [2.75, 3.05) is 14.2 Å². The Morgan fingerprint density at radius 2 is 2.06 bits per heavy atom. The molecule has 2 heterocycles. The largest absolute Gasteiger partial charge is 0.493 e. The van der Waals surface area contributed by atoms with Gasteiger partial charge in [0.05, 0.1) is 19.8 Å². The number of aromatic nitrogens is 3. The van der Waals surface area contributed by atoms with Crippen molar-refractivity contribution in [3.8, 4) is 11.5 Å². The van der Waals surface area contributed by atoms with Gasteiger partial charge >= 0.3 is 0 Å². The van der Waals surface area contributed by atoms with E-state index in [0.717, 1.165) is 66.9 Å². The molecule has 8 nitrogen and oxygen atoms in total. The van der Waals surface area contributed by atoms with E-state index >= 15 is 0 Å². The number of methoxy groups -OCH3 is 1. The molecule has 0 amide bonds. The SMILES string of the molecule is CN=C(NCc1cccc(OC)c1OC1CCCC1)NC1CCc2nc(C(C)C)nn2C1. The van der Waals surface area contributed by atoms with Gasteiger partial charge in [0.1, 0.15) is 5.82 Å². The summed E-state index contributed by atoms with van der Waals surface area (Å²) >= 11 is 0. The highest BCUT2D eigenvalue weighted by atomic mass is 16.5. The van der Waals surface area contributed by atoms with Crippen LogP contribution in [0.1, 0.15) is 69.1 Å². The number of rotatable bonds is 7. The van der Waals surface area contributed by atoms with Crippen molar-refractivity contribution in [3.63, 3.8) is 0 Å². The summed E-state index contributed by atoms with van der Waals surface area (Å²) in [4.78, 5) is 9.12. The van der Waals surface area contributed by atoms with Crippen molar-refractivity contribution in [2.45, 2.75) is 83.5 Å². The maximum absolute atomic E-state index is 6.36. The normalized spacial score (nSPS) is 19.2. The number of nitrogens with one attached hydrogen (secondary N) is 2. The lowest BCUT2D eigenvalue weighted by Gasteiger charge is -2.26. The van der Waals surface area contributed by atoms with Crippen LogP contribution in [0.15, 0.2) is 23.2 Å². The molecule has 4 rings (SSSR count). The first-order chi connectivity index (χ1) is 15.6. The van der Waals surface area contributed by atoms with Gasteiger partial charge in [-0.25, -0.2) is 9.67 Å². The van der Waals surface area contributed by atoms with Crippen molar-refractivity contribution >= 4 is 5.96 Å². The van der Waals surface area contributed by atoms with Crippen molar-refractivity contribution in [2.24, 2.45) is 4.99 Å². The number of hydrogen-bond donors (Lipinski definition) is 2. The van der Waals surface area contributed by atoms with Crippen molar-refractivity contribution in [3.05, 3.63) is 35.4 Å². The first kappa shape index (κ1) is 22.4. The van der Waals surface area contributed by atoms with Crippen LogP contribution >= 0.6 is 0 Å². The van der Waals surface area contributed by atoms with Gasteiger partial charge in [-0.3, -0.25) is 4.99 Å². The predicted octanol–water partition coefficient (Wildman–Crippen LogP) is 3.41. The summed E-state index contributed by atoms with van der Waals surface area (Å²) in [5, 5.41) is 11.7. The summed E-state index contributed by atoms with van der Waals surface area (Å²) in [6.07, 6.45) is 6.89. The molecular formula is C24H36N6O2. The summed E-state index contributed by atoms with van der Waals surface area (Å²) in [5.41, 5.74) is 1.07. The Labute approximate surface area is 190 Å². The molecule has 2 aromatic rings. The molecule has 174 valence electrons. The molecule has 1 aliphatic heterocycles. The molecule has 0 spiro atoms. The lowest BCUT2D eigenvalue weighted by atomic mass is 10.1. The van der Waals surface area contributed by atoms with Crippen molar-refractivity contribution in [1.82, 2.24) is 25.4 Å². The molecule has 1 aliphatic carbocycles. The van der Waals surface area contributed by atoms with Crippen LogP contribution in [0.2, 0.25) is 0 Å². The zero-order valence-corrected chi connectivity index (χ0v) is 19.7.